The molecule has 13 heteroatoms. The summed E-state index contributed by atoms with van der Waals surface area (Å²) in [6, 6.07) is 10.3. The molecular weight excluding hydrogens is 464 g/mol. The first-order valence-electron chi connectivity index (χ1n) is 8.53. The van der Waals surface area contributed by atoms with Crippen LogP contribution in [0.1, 0.15) is 10.5 Å². The number of non-ortho nitro benzene ring substituents is 1. The number of nitro benzene ring substituents is 1. The van der Waals surface area contributed by atoms with Gasteiger partial charge in [-0.2, -0.15) is 0 Å². The zero-order chi connectivity index (χ0) is 22.0. The van der Waals surface area contributed by atoms with Crippen LogP contribution in [0, 0.1) is 10.1 Å². The molecular formula is C18H11ClN6O4S2. The molecule has 4 aromatic rings. The van der Waals surface area contributed by atoms with Gasteiger partial charge in [0.05, 0.1) is 15.1 Å². The molecule has 31 heavy (non-hydrogen) atoms. The molecule has 0 saturated heterocycles. The molecule has 0 aliphatic heterocycles. The highest BCUT2D eigenvalue weighted by Crippen LogP contribution is 2.29. The number of halogens is 1. The molecule has 0 unspecified atom stereocenters. The second kappa shape index (κ2) is 8.63. The number of rotatable bonds is 5. The highest BCUT2D eigenvalue weighted by atomic mass is 35.5. The van der Waals surface area contributed by atoms with Crippen molar-refractivity contribution < 1.29 is 14.5 Å². The van der Waals surface area contributed by atoms with E-state index in [1.54, 1.807) is 24.3 Å². The van der Waals surface area contributed by atoms with Crippen molar-refractivity contribution in [3.8, 4) is 0 Å². The molecule has 3 amide bonds. The van der Waals surface area contributed by atoms with Crippen LogP contribution in [0.15, 0.2) is 47.8 Å². The van der Waals surface area contributed by atoms with Crippen LogP contribution >= 0.6 is 34.3 Å². The van der Waals surface area contributed by atoms with Crippen molar-refractivity contribution in [1.29, 1.82) is 0 Å². The Morgan fingerprint density at radius 2 is 1.77 bits per heavy atom. The molecule has 2 aromatic heterocycles. The summed E-state index contributed by atoms with van der Waals surface area (Å²) in [5, 5.41) is 21.2. The van der Waals surface area contributed by atoms with Gasteiger partial charge in [-0.15, -0.1) is 11.3 Å². The minimum atomic E-state index is -0.518. The predicted octanol–water partition coefficient (Wildman–Crippen LogP) is 5.21. The largest absolute Gasteiger partial charge is 0.325 e. The number of aromatic nitrogens is 2. The number of amides is 3. The topological polar surface area (TPSA) is 139 Å². The van der Waals surface area contributed by atoms with Crippen LogP contribution in [0.3, 0.4) is 0 Å². The molecule has 4 rings (SSSR count). The van der Waals surface area contributed by atoms with Crippen LogP contribution in [0.4, 0.5) is 26.4 Å². The molecule has 3 N–H and O–H groups in total. The highest BCUT2D eigenvalue weighted by Gasteiger charge is 2.16. The number of hydrogen-bond acceptors (Lipinski definition) is 8. The minimum absolute atomic E-state index is 0.0545. The quantitative estimate of drug-likeness (QED) is 0.268. The van der Waals surface area contributed by atoms with Gasteiger partial charge in [-0.05, 0) is 30.3 Å². The zero-order valence-electron chi connectivity index (χ0n) is 15.3. The molecule has 2 aromatic carbocycles. The average Bonchev–Trinajstić information content (AvgIpc) is 3.35. The predicted molar refractivity (Wildman–Crippen MR) is 120 cm³/mol. The van der Waals surface area contributed by atoms with Crippen LogP contribution in [-0.4, -0.2) is 26.8 Å². The molecule has 10 nitrogen and oxygen atoms in total. The minimum Gasteiger partial charge on any atom is -0.308 e. The fourth-order valence-corrected chi connectivity index (χ4v) is 4.18. The van der Waals surface area contributed by atoms with Gasteiger partial charge in [0, 0.05) is 28.2 Å². The number of nitro groups is 1. The van der Waals surface area contributed by atoms with E-state index in [-0.39, 0.29) is 21.6 Å². The smallest absolute Gasteiger partial charge is 0.308 e. The summed E-state index contributed by atoms with van der Waals surface area (Å²) in [6.45, 7) is 0. The van der Waals surface area contributed by atoms with Gasteiger partial charge in [0.1, 0.15) is 5.69 Å². The van der Waals surface area contributed by atoms with Crippen molar-refractivity contribution in [2.45, 2.75) is 0 Å². The summed E-state index contributed by atoms with van der Waals surface area (Å²) < 4.78 is 0.573. The van der Waals surface area contributed by atoms with Gasteiger partial charge >= 0.3 is 6.03 Å². The van der Waals surface area contributed by atoms with Crippen LogP contribution in [-0.2, 0) is 0 Å². The van der Waals surface area contributed by atoms with Gasteiger partial charge in [-0.3, -0.25) is 25.5 Å². The summed E-state index contributed by atoms with van der Waals surface area (Å²) >= 11 is 8.00. The lowest BCUT2D eigenvalue weighted by Gasteiger charge is -2.05. The van der Waals surface area contributed by atoms with Gasteiger partial charge in [-0.25, -0.2) is 14.8 Å². The molecule has 0 bridgehead atoms. The fourth-order valence-electron chi connectivity index (χ4n) is 2.47. The Hall–Kier alpha value is -3.61. The molecule has 0 saturated carbocycles. The Labute approximate surface area is 187 Å². The molecule has 0 radical (unpaired) electrons. The maximum atomic E-state index is 12.4. The summed E-state index contributed by atoms with van der Waals surface area (Å²) in [5.41, 5.74) is 1.12. The van der Waals surface area contributed by atoms with Crippen LogP contribution in [0.25, 0.3) is 10.2 Å². The summed E-state index contributed by atoms with van der Waals surface area (Å²) in [7, 11) is 0. The number of carbonyl (C=O) groups is 2. The Morgan fingerprint density at radius 3 is 2.52 bits per heavy atom. The van der Waals surface area contributed by atoms with Crippen LogP contribution in [0.5, 0.6) is 0 Å². The normalized spacial score (nSPS) is 10.6. The summed E-state index contributed by atoms with van der Waals surface area (Å²) in [6.07, 6.45) is 0. The van der Waals surface area contributed by atoms with Crippen LogP contribution in [0.2, 0.25) is 5.02 Å². The molecule has 0 aliphatic rings. The Morgan fingerprint density at radius 1 is 1.00 bits per heavy atom. The highest BCUT2D eigenvalue weighted by molar-refractivity contribution is 7.22. The number of carbonyl (C=O) groups excluding carboxylic acids is 2. The SMILES string of the molecule is O=C(Nc1ccc(Cl)cc1)Nc1nc(C(=O)Nc2nc3ccc([N+](=O)[O-])cc3s2)cs1. The van der Waals surface area contributed by atoms with E-state index in [0.29, 0.717) is 20.9 Å². The average molecular weight is 475 g/mol. The lowest BCUT2D eigenvalue weighted by Crippen LogP contribution is -2.19. The third-order valence-electron chi connectivity index (χ3n) is 3.86. The number of thiazole rings is 2. The molecule has 0 spiro atoms. The van der Waals surface area contributed by atoms with Gasteiger partial charge in [-0.1, -0.05) is 22.9 Å². The lowest BCUT2D eigenvalue weighted by molar-refractivity contribution is -0.384. The van der Waals surface area contributed by atoms with E-state index in [1.165, 1.54) is 23.6 Å². The monoisotopic (exact) mass is 474 g/mol. The van der Waals surface area contributed by atoms with E-state index in [2.05, 4.69) is 25.9 Å². The Bertz CT molecular complexity index is 1300. The van der Waals surface area contributed by atoms with Gasteiger partial charge in [0.15, 0.2) is 10.3 Å². The zero-order valence-corrected chi connectivity index (χ0v) is 17.7. The van der Waals surface area contributed by atoms with Crippen molar-refractivity contribution >= 4 is 78.1 Å². The molecule has 156 valence electrons. The summed E-state index contributed by atoms with van der Waals surface area (Å²) in [5.74, 6) is -0.518. The van der Waals surface area contributed by atoms with E-state index in [1.807, 2.05) is 0 Å². The third kappa shape index (κ3) is 4.94. The molecule has 0 fully saturated rings. The van der Waals surface area contributed by atoms with Gasteiger partial charge in [0.2, 0.25) is 0 Å². The number of nitrogens with zero attached hydrogens (tertiary/aromatic N) is 3. The van der Waals surface area contributed by atoms with Gasteiger partial charge < -0.3 is 5.32 Å². The number of benzene rings is 2. The van der Waals surface area contributed by atoms with Crippen molar-refractivity contribution in [3.05, 3.63) is 68.7 Å². The maximum absolute atomic E-state index is 12.4. The van der Waals surface area contributed by atoms with Crippen molar-refractivity contribution in [1.82, 2.24) is 9.97 Å². The number of urea groups is 1. The van der Waals surface area contributed by atoms with Crippen molar-refractivity contribution in [2.24, 2.45) is 0 Å². The van der Waals surface area contributed by atoms with Crippen LogP contribution < -0.4 is 16.0 Å². The lowest BCUT2D eigenvalue weighted by atomic mass is 10.3. The van der Waals surface area contributed by atoms with E-state index in [0.717, 1.165) is 22.7 Å². The van der Waals surface area contributed by atoms with E-state index in [9.17, 15) is 19.7 Å². The number of nitrogens with one attached hydrogen (secondary N) is 3. The third-order valence-corrected chi connectivity index (χ3v) is 5.81. The Kier molecular flexibility index (Phi) is 5.75. The van der Waals surface area contributed by atoms with E-state index in [4.69, 9.17) is 11.6 Å². The number of anilines is 3. The molecule has 0 atom stereocenters. The first kappa shape index (κ1) is 20.7. The van der Waals surface area contributed by atoms with E-state index < -0.39 is 16.9 Å². The molecule has 2 heterocycles. The van der Waals surface area contributed by atoms with E-state index >= 15 is 0 Å². The standard InChI is InChI=1S/C18H11ClN6O4S2/c19-9-1-3-10(4-2-9)20-16(27)24-17-22-13(8-30-17)15(26)23-18-21-12-6-5-11(25(28)29)7-14(12)31-18/h1-8H,(H,21,23,26)(H2,20,22,24,27). The van der Waals surface area contributed by atoms with Gasteiger partial charge in [0.25, 0.3) is 11.6 Å². The fraction of sp³-hybridized carbons (Fsp3) is 0. The second-order valence-corrected chi connectivity index (χ2v) is 8.33. The van der Waals surface area contributed by atoms with Crippen molar-refractivity contribution in [3.63, 3.8) is 0 Å². The summed E-state index contributed by atoms with van der Waals surface area (Å²) in [4.78, 5) is 43.2. The first-order valence-corrected chi connectivity index (χ1v) is 10.6. The first-order chi connectivity index (χ1) is 14.9. The second-order valence-electron chi connectivity index (χ2n) is 6.01. The number of fused-ring (bicyclic) bond motifs is 1. The van der Waals surface area contributed by atoms with Crippen molar-refractivity contribution in [2.75, 3.05) is 16.0 Å². The Balaban J connectivity index is 1.39. The number of hydrogen-bond donors (Lipinski definition) is 3. The molecule has 0 aliphatic carbocycles. The maximum Gasteiger partial charge on any atom is 0.325 e.